The molecular formula is C29H54N3O4P. The van der Waals surface area contributed by atoms with E-state index >= 15 is 0 Å². The lowest BCUT2D eigenvalue weighted by atomic mass is 10.0. The first-order valence-corrected chi connectivity index (χ1v) is 15.2. The number of nitrogens with one attached hydrogen (secondary N) is 1. The van der Waals surface area contributed by atoms with Crippen molar-refractivity contribution in [3.05, 3.63) is 12.3 Å². The summed E-state index contributed by atoms with van der Waals surface area (Å²) in [5, 5.41) is 2.84. The van der Waals surface area contributed by atoms with Crippen molar-refractivity contribution in [2.45, 2.75) is 135 Å². The van der Waals surface area contributed by atoms with Crippen molar-refractivity contribution in [2.24, 2.45) is 10.9 Å². The number of carbonyl (C=O) groups excluding carboxylic acids is 2. The van der Waals surface area contributed by atoms with E-state index in [9.17, 15) is 9.59 Å². The molecule has 1 aliphatic rings. The van der Waals surface area contributed by atoms with E-state index in [2.05, 4.69) is 26.7 Å². The highest BCUT2D eigenvalue weighted by Crippen LogP contribution is 2.28. The second kappa shape index (κ2) is 22.7. The van der Waals surface area contributed by atoms with Crippen molar-refractivity contribution in [3.8, 4) is 0 Å². The number of amides is 2. The normalized spacial score (nSPS) is 20.0. The average Bonchev–Trinajstić information content (AvgIpc) is 3.25. The number of hydrogen-bond donors (Lipinski definition) is 1. The molecule has 1 saturated heterocycles. The summed E-state index contributed by atoms with van der Waals surface area (Å²) in [5.74, 6) is 0.579. The summed E-state index contributed by atoms with van der Waals surface area (Å²) in [6.07, 6.45) is 24.5. The van der Waals surface area contributed by atoms with Gasteiger partial charge in [0, 0.05) is 35.1 Å². The fraction of sp³-hybridized carbons (Fsp3) is 0.828. The molecule has 0 aromatic heterocycles. The molecule has 1 rings (SSSR count). The molecule has 0 aromatic carbocycles. The van der Waals surface area contributed by atoms with Gasteiger partial charge in [0.2, 0.25) is 12.3 Å². The molecule has 2 amide bonds. The highest BCUT2D eigenvalue weighted by Gasteiger charge is 2.35. The summed E-state index contributed by atoms with van der Waals surface area (Å²) in [5.41, 5.74) is 0. The molecule has 1 aliphatic heterocycles. The zero-order valence-electron chi connectivity index (χ0n) is 23.8. The van der Waals surface area contributed by atoms with E-state index in [0.29, 0.717) is 18.9 Å². The van der Waals surface area contributed by atoms with Gasteiger partial charge in [-0.25, -0.2) is 0 Å². The first kappa shape index (κ1) is 33.7. The third-order valence-corrected chi connectivity index (χ3v) is 7.26. The van der Waals surface area contributed by atoms with E-state index < -0.39 is 0 Å². The molecule has 0 spiro atoms. The van der Waals surface area contributed by atoms with Gasteiger partial charge in [-0.15, -0.1) is 0 Å². The SMILES string of the molecule is CCCCCCCCCCCCCCCCCC(=O)NC(/C=C\N(C=O)C1OC(COP)CC1C)=NC. The molecule has 7 nitrogen and oxygen atoms in total. The van der Waals surface area contributed by atoms with Crippen LogP contribution in [-0.2, 0) is 18.8 Å². The molecule has 1 fully saturated rings. The lowest BCUT2D eigenvalue weighted by Gasteiger charge is -2.24. The first-order valence-electron chi connectivity index (χ1n) is 14.7. The largest absolute Gasteiger partial charge is 0.363 e. The van der Waals surface area contributed by atoms with Crippen molar-refractivity contribution in [3.63, 3.8) is 0 Å². The van der Waals surface area contributed by atoms with Gasteiger partial charge < -0.3 is 14.6 Å². The Hall–Kier alpha value is -1.30. The van der Waals surface area contributed by atoms with Crippen molar-refractivity contribution in [1.82, 2.24) is 10.2 Å². The molecule has 0 bridgehead atoms. The van der Waals surface area contributed by atoms with Crippen LogP contribution in [0.5, 0.6) is 0 Å². The standard InChI is InChI=1S/C29H54N3O4P/c1-4-5-6-7-8-9-10-11-12-13-14-15-16-17-18-19-28(34)31-27(30-3)20-21-32(24-33)29-25(2)22-26(36-29)23-35-37/h20-21,24-26,29H,4-19,22-23,37H2,1-3H3,(H,30,31,34)/b21-20-. The van der Waals surface area contributed by atoms with Crippen LogP contribution in [0, 0.1) is 5.92 Å². The van der Waals surface area contributed by atoms with Crippen molar-refractivity contribution in [1.29, 1.82) is 0 Å². The third-order valence-electron chi connectivity index (χ3n) is 7.07. The van der Waals surface area contributed by atoms with Crippen LogP contribution in [0.1, 0.15) is 123 Å². The van der Waals surface area contributed by atoms with Crippen LogP contribution in [0.4, 0.5) is 0 Å². The molecular weight excluding hydrogens is 485 g/mol. The summed E-state index contributed by atoms with van der Waals surface area (Å²) >= 11 is 0. The molecule has 0 saturated carbocycles. The second-order valence-electron chi connectivity index (χ2n) is 10.4. The van der Waals surface area contributed by atoms with E-state index in [1.54, 1.807) is 19.3 Å². The topological polar surface area (TPSA) is 80.2 Å². The number of rotatable bonds is 22. The highest BCUT2D eigenvalue weighted by atomic mass is 31.0. The van der Waals surface area contributed by atoms with Gasteiger partial charge in [0.15, 0.2) is 0 Å². The molecule has 214 valence electrons. The minimum absolute atomic E-state index is 0.0396. The van der Waals surface area contributed by atoms with Crippen LogP contribution in [0.3, 0.4) is 0 Å². The van der Waals surface area contributed by atoms with Crippen molar-refractivity contribution in [2.75, 3.05) is 13.7 Å². The van der Waals surface area contributed by atoms with Gasteiger partial charge in [-0.2, -0.15) is 0 Å². The minimum Gasteiger partial charge on any atom is -0.363 e. The van der Waals surface area contributed by atoms with Crippen LogP contribution in [0.2, 0.25) is 0 Å². The Bertz CT molecular complexity index is 659. The Morgan fingerprint density at radius 1 is 1.00 bits per heavy atom. The maximum absolute atomic E-state index is 12.3. The Kier molecular flexibility index (Phi) is 20.7. The van der Waals surface area contributed by atoms with Crippen molar-refractivity contribution >= 4 is 27.6 Å². The Morgan fingerprint density at radius 2 is 1.54 bits per heavy atom. The maximum atomic E-state index is 12.3. The zero-order chi connectivity index (χ0) is 27.1. The highest BCUT2D eigenvalue weighted by molar-refractivity contribution is 7.09. The lowest BCUT2D eigenvalue weighted by molar-refractivity contribution is -0.128. The van der Waals surface area contributed by atoms with Gasteiger partial charge in [-0.3, -0.25) is 19.5 Å². The van der Waals surface area contributed by atoms with Gasteiger partial charge in [-0.05, 0) is 18.9 Å². The van der Waals surface area contributed by atoms with E-state index in [1.165, 1.54) is 88.4 Å². The molecule has 0 radical (unpaired) electrons. The van der Waals surface area contributed by atoms with E-state index in [4.69, 9.17) is 9.26 Å². The van der Waals surface area contributed by atoms with E-state index in [1.807, 2.05) is 6.92 Å². The van der Waals surface area contributed by atoms with Gasteiger partial charge in [0.25, 0.3) is 0 Å². The molecule has 1 N–H and O–H groups in total. The second-order valence-corrected chi connectivity index (χ2v) is 10.8. The van der Waals surface area contributed by atoms with Gasteiger partial charge in [-0.1, -0.05) is 104 Å². The number of ether oxygens (including phenoxy) is 1. The smallest absolute Gasteiger partial charge is 0.225 e. The number of hydrogen-bond acceptors (Lipinski definition) is 5. The summed E-state index contributed by atoms with van der Waals surface area (Å²) in [7, 11) is 3.85. The van der Waals surface area contributed by atoms with E-state index in [-0.39, 0.29) is 24.2 Å². The predicted octanol–water partition coefficient (Wildman–Crippen LogP) is 6.92. The fourth-order valence-electron chi connectivity index (χ4n) is 4.87. The Morgan fingerprint density at radius 3 is 2.03 bits per heavy atom. The fourth-order valence-corrected chi connectivity index (χ4v) is 5.08. The van der Waals surface area contributed by atoms with Crippen LogP contribution in [-0.4, -0.2) is 49.0 Å². The summed E-state index contributed by atoms with van der Waals surface area (Å²) < 4.78 is 11.0. The van der Waals surface area contributed by atoms with Gasteiger partial charge in [0.05, 0.1) is 12.7 Å². The quantitative estimate of drug-likeness (QED) is 0.0532. The number of aliphatic imine (C=N–C) groups is 1. The van der Waals surface area contributed by atoms with Gasteiger partial charge in [0.1, 0.15) is 12.1 Å². The average molecular weight is 540 g/mol. The monoisotopic (exact) mass is 539 g/mol. The molecule has 4 unspecified atom stereocenters. The molecule has 1 heterocycles. The van der Waals surface area contributed by atoms with Gasteiger partial charge >= 0.3 is 0 Å². The Labute approximate surface area is 228 Å². The van der Waals surface area contributed by atoms with E-state index in [0.717, 1.165) is 25.7 Å². The predicted molar refractivity (Wildman–Crippen MR) is 156 cm³/mol. The lowest BCUT2D eigenvalue weighted by Crippen LogP contribution is -2.35. The number of carbonyl (C=O) groups is 2. The minimum atomic E-state index is -0.354. The van der Waals surface area contributed by atoms with Crippen LogP contribution in [0.15, 0.2) is 17.3 Å². The summed E-state index contributed by atoms with van der Waals surface area (Å²) in [6, 6.07) is 0. The molecule has 4 atom stereocenters. The first-order chi connectivity index (χ1) is 18.0. The number of amidine groups is 1. The zero-order valence-corrected chi connectivity index (χ0v) is 25.0. The third kappa shape index (κ3) is 16.3. The molecule has 0 aliphatic carbocycles. The number of unbranched alkanes of at least 4 members (excludes halogenated alkanes) is 14. The van der Waals surface area contributed by atoms with Crippen molar-refractivity contribution < 1.29 is 18.8 Å². The molecule has 37 heavy (non-hydrogen) atoms. The molecule has 8 heteroatoms. The van der Waals surface area contributed by atoms with Crippen LogP contribution in [0.25, 0.3) is 0 Å². The van der Waals surface area contributed by atoms with Crippen LogP contribution < -0.4 is 5.32 Å². The summed E-state index contributed by atoms with van der Waals surface area (Å²) in [4.78, 5) is 29.6. The summed E-state index contributed by atoms with van der Waals surface area (Å²) in [6.45, 7) is 4.79. The molecule has 0 aromatic rings. The Balaban J connectivity index is 2.11. The maximum Gasteiger partial charge on any atom is 0.225 e. The van der Waals surface area contributed by atoms with Crippen LogP contribution >= 0.6 is 9.47 Å². The number of nitrogens with zero attached hydrogens (tertiary/aromatic N) is 2.